The maximum atomic E-state index is 2.45. The third-order valence-corrected chi connectivity index (χ3v) is 11.0. The summed E-state index contributed by atoms with van der Waals surface area (Å²) >= 11 is 0. The van der Waals surface area contributed by atoms with Gasteiger partial charge in [0.1, 0.15) is 0 Å². The third-order valence-electron chi connectivity index (χ3n) is 5.77. The summed E-state index contributed by atoms with van der Waals surface area (Å²) in [6.07, 6.45) is 7.08. The van der Waals surface area contributed by atoms with Gasteiger partial charge in [0.15, 0.2) is 8.07 Å². The van der Waals surface area contributed by atoms with E-state index in [1.54, 1.807) is 5.57 Å². The Balaban J connectivity index is 2.08. The first-order chi connectivity index (χ1) is 13.2. The summed E-state index contributed by atoms with van der Waals surface area (Å²) in [5.41, 5.74) is 1.99. The number of rotatable bonds is 5. The van der Waals surface area contributed by atoms with Gasteiger partial charge in [0.25, 0.3) is 0 Å². The van der Waals surface area contributed by atoms with Crippen LogP contribution in [0.25, 0.3) is 0 Å². The van der Waals surface area contributed by atoms with Crippen molar-refractivity contribution in [2.24, 2.45) is 5.92 Å². The molecule has 134 valence electrons. The van der Waals surface area contributed by atoms with Crippen LogP contribution in [0.15, 0.2) is 115 Å². The molecule has 27 heavy (non-hydrogen) atoms. The number of allylic oxidation sites excluding steroid dienone is 4. The van der Waals surface area contributed by atoms with Gasteiger partial charge in [-0.15, -0.1) is 0 Å². The van der Waals surface area contributed by atoms with E-state index in [2.05, 4.69) is 123 Å². The zero-order valence-electron chi connectivity index (χ0n) is 16.0. The predicted molar refractivity (Wildman–Crippen MR) is 120 cm³/mol. The van der Waals surface area contributed by atoms with Gasteiger partial charge >= 0.3 is 0 Å². The van der Waals surface area contributed by atoms with E-state index in [1.807, 2.05) is 0 Å². The quantitative estimate of drug-likeness (QED) is 0.454. The van der Waals surface area contributed by atoms with Crippen LogP contribution < -0.4 is 15.6 Å². The lowest BCUT2D eigenvalue weighted by Gasteiger charge is -2.40. The van der Waals surface area contributed by atoms with Gasteiger partial charge in [0.05, 0.1) is 0 Å². The summed E-state index contributed by atoms with van der Waals surface area (Å²) in [5, 5.41) is 4.43. The number of hydrogen-bond acceptors (Lipinski definition) is 0. The van der Waals surface area contributed by atoms with Gasteiger partial charge in [-0.1, -0.05) is 129 Å². The van der Waals surface area contributed by atoms with Gasteiger partial charge in [-0.2, -0.15) is 0 Å². The Morgan fingerprint density at radius 1 is 0.630 bits per heavy atom. The van der Waals surface area contributed by atoms with Crippen LogP contribution in [-0.4, -0.2) is 8.07 Å². The molecule has 3 aromatic rings. The van der Waals surface area contributed by atoms with Crippen LogP contribution in [0.3, 0.4) is 0 Å². The van der Waals surface area contributed by atoms with E-state index in [9.17, 15) is 0 Å². The molecule has 1 aliphatic carbocycles. The van der Waals surface area contributed by atoms with Crippen molar-refractivity contribution in [2.75, 3.05) is 0 Å². The van der Waals surface area contributed by atoms with Gasteiger partial charge in [0, 0.05) is 5.54 Å². The Hall–Kier alpha value is -2.64. The zero-order valence-corrected chi connectivity index (χ0v) is 17.0. The van der Waals surface area contributed by atoms with Gasteiger partial charge in [-0.3, -0.25) is 0 Å². The lowest BCUT2D eigenvalue weighted by Crippen LogP contribution is -2.69. The smallest absolute Gasteiger partial charge is 0.0790 e. The molecule has 0 saturated carbocycles. The predicted octanol–water partition coefficient (Wildman–Crippen LogP) is 4.68. The topological polar surface area (TPSA) is 0 Å². The molecule has 0 bridgehead atoms. The van der Waals surface area contributed by atoms with Crippen molar-refractivity contribution in [1.29, 1.82) is 0 Å². The molecular formula is C26H26Si. The first-order valence-electron chi connectivity index (χ1n) is 9.79. The number of hydrogen-bond donors (Lipinski definition) is 0. The molecule has 1 atom stereocenters. The van der Waals surface area contributed by atoms with Crippen molar-refractivity contribution in [3.05, 3.63) is 115 Å². The van der Waals surface area contributed by atoms with Crippen molar-refractivity contribution in [1.82, 2.24) is 0 Å². The van der Waals surface area contributed by atoms with E-state index < -0.39 is 8.07 Å². The second-order valence-corrected chi connectivity index (χ2v) is 11.6. The zero-order chi connectivity index (χ0) is 18.7. The molecule has 0 radical (unpaired) electrons. The largest absolute Gasteiger partial charge is 0.158 e. The Morgan fingerprint density at radius 3 is 1.41 bits per heavy atom. The highest BCUT2D eigenvalue weighted by Gasteiger charge is 2.47. The molecule has 4 rings (SSSR count). The SMILES string of the molecule is CC(C)C1=CC=CC1[Si](c1ccccc1)(c1ccccc1)c1ccccc1. The summed E-state index contributed by atoms with van der Waals surface area (Å²) < 4.78 is 0. The molecule has 1 heteroatoms. The van der Waals surface area contributed by atoms with E-state index in [1.165, 1.54) is 15.6 Å². The van der Waals surface area contributed by atoms with E-state index in [0.717, 1.165) is 0 Å². The van der Waals surface area contributed by atoms with E-state index >= 15 is 0 Å². The molecule has 1 unspecified atom stereocenters. The molecule has 0 fully saturated rings. The molecule has 0 saturated heterocycles. The fraction of sp³-hybridized carbons (Fsp3) is 0.154. The van der Waals surface area contributed by atoms with Crippen LogP contribution in [0.5, 0.6) is 0 Å². The van der Waals surface area contributed by atoms with Crippen LogP contribution in [0.1, 0.15) is 13.8 Å². The Kier molecular flexibility index (Phi) is 4.96. The fourth-order valence-corrected chi connectivity index (χ4v) is 10.1. The summed E-state index contributed by atoms with van der Waals surface area (Å²) in [6, 6.07) is 33.6. The minimum Gasteiger partial charge on any atom is -0.0790 e. The van der Waals surface area contributed by atoms with Gasteiger partial charge < -0.3 is 0 Å². The number of benzene rings is 3. The summed E-state index contributed by atoms with van der Waals surface area (Å²) in [6.45, 7) is 4.65. The highest BCUT2D eigenvalue weighted by atomic mass is 28.3. The third kappa shape index (κ3) is 3.02. The van der Waals surface area contributed by atoms with Crippen LogP contribution in [0, 0.1) is 5.92 Å². The highest BCUT2D eigenvalue weighted by Crippen LogP contribution is 2.38. The maximum Gasteiger partial charge on any atom is 0.158 e. The summed E-state index contributed by atoms with van der Waals surface area (Å²) in [4.78, 5) is 0. The monoisotopic (exact) mass is 366 g/mol. The van der Waals surface area contributed by atoms with E-state index in [4.69, 9.17) is 0 Å². The molecule has 0 heterocycles. The molecule has 0 nitrogen and oxygen atoms in total. The van der Waals surface area contributed by atoms with Crippen LogP contribution in [-0.2, 0) is 0 Å². The molecule has 0 spiro atoms. The fourth-order valence-electron chi connectivity index (χ4n) is 4.58. The minimum atomic E-state index is -2.27. The first kappa shape index (κ1) is 17.8. The first-order valence-corrected chi connectivity index (χ1v) is 11.9. The molecular weight excluding hydrogens is 340 g/mol. The van der Waals surface area contributed by atoms with Crippen molar-refractivity contribution < 1.29 is 0 Å². The Morgan fingerprint density at radius 2 is 1.04 bits per heavy atom. The van der Waals surface area contributed by atoms with Gasteiger partial charge in [-0.25, -0.2) is 0 Å². The van der Waals surface area contributed by atoms with Crippen molar-refractivity contribution in [2.45, 2.75) is 19.4 Å². The molecule has 3 aromatic carbocycles. The summed E-state index contributed by atoms with van der Waals surface area (Å²) in [5.74, 6) is 0.535. The summed E-state index contributed by atoms with van der Waals surface area (Å²) in [7, 11) is -2.27. The van der Waals surface area contributed by atoms with Crippen molar-refractivity contribution >= 4 is 23.6 Å². The highest BCUT2D eigenvalue weighted by molar-refractivity contribution is 7.13. The molecule has 1 aliphatic rings. The lowest BCUT2D eigenvalue weighted by atomic mass is 10.0. The second kappa shape index (κ2) is 7.54. The van der Waals surface area contributed by atoms with Crippen molar-refractivity contribution in [3.63, 3.8) is 0 Å². The van der Waals surface area contributed by atoms with E-state index in [0.29, 0.717) is 11.5 Å². The minimum absolute atomic E-state index is 0.435. The standard InChI is InChI=1S/C26H26Si/c1-21(2)25-19-12-20-26(25)27(22-13-6-3-7-14-22,23-15-8-4-9-16-23)24-17-10-5-11-18-24/h3-21,26H,1-2H3. The molecule has 0 aromatic heterocycles. The molecule has 0 aliphatic heterocycles. The van der Waals surface area contributed by atoms with Crippen LogP contribution in [0.4, 0.5) is 0 Å². The maximum absolute atomic E-state index is 2.45. The Labute approximate surface area is 163 Å². The average molecular weight is 367 g/mol. The molecule has 0 N–H and O–H groups in total. The van der Waals surface area contributed by atoms with Gasteiger partial charge in [-0.05, 0) is 21.5 Å². The lowest BCUT2D eigenvalue weighted by molar-refractivity contribution is 0.748. The van der Waals surface area contributed by atoms with Gasteiger partial charge in [0.2, 0.25) is 0 Å². The van der Waals surface area contributed by atoms with Crippen molar-refractivity contribution in [3.8, 4) is 0 Å². The Bertz CT molecular complexity index is 841. The normalized spacial score (nSPS) is 16.6. The second-order valence-electron chi connectivity index (χ2n) is 7.59. The average Bonchev–Trinajstić information content (AvgIpc) is 3.22. The van der Waals surface area contributed by atoms with Crippen LogP contribution >= 0.6 is 0 Å². The van der Waals surface area contributed by atoms with E-state index in [-0.39, 0.29) is 0 Å². The van der Waals surface area contributed by atoms with Crippen LogP contribution in [0.2, 0.25) is 5.54 Å². The molecule has 0 amide bonds.